The third-order valence-electron chi connectivity index (χ3n) is 2.83. The van der Waals surface area contributed by atoms with Crippen molar-refractivity contribution in [2.24, 2.45) is 5.73 Å². The zero-order valence-corrected chi connectivity index (χ0v) is 12.3. The molecule has 0 amide bonds. The standard InChI is InChI=1S/C15H16BrNO2/c1-18-12-7-5-11(6-8-12)10-19-15-4-2-3-14(16)13(15)9-17/h2-8H,9-10,17H2,1H3. The Morgan fingerprint density at radius 2 is 1.84 bits per heavy atom. The van der Waals surface area contributed by atoms with Gasteiger partial charge in [-0.2, -0.15) is 0 Å². The van der Waals surface area contributed by atoms with E-state index in [4.69, 9.17) is 15.2 Å². The highest BCUT2D eigenvalue weighted by atomic mass is 79.9. The van der Waals surface area contributed by atoms with Crippen LogP contribution in [0.3, 0.4) is 0 Å². The van der Waals surface area contributed by atoms with E-state index < -0.39 is 0 Å². The van der Waals surface area contributed by atoms with Gasteiger partial charge in [-0.1, -0.05) is 34.1 Å². The fourth-order valence-corrected chi connectivity index (χ4v) is 2.26. The van der Waals surface area contributed by atoms with Gasteiger partial charge in [0.05, 0.1) is 7.11 Å². The van der Waals surface area contributed by atoms with Crippen molar-refractivity contribution in [1.82, 2.24) is 0 Å². The smallest absolute Gasteiger partial charge is 0.125 e. The van der Waals surface area contributed by atoms with E-state index in [1.54, 1.807) is 7.11 Å². The second-order valence-corrected chi connectivity index (χ2v) is 4.91. The highest BCUT2D eigenvalue weighted by molar-refractivity contribution is 9.10. The van der Waals surface area contributed by atoms with Crippen LogP contribution in [0, 0.1) is 0 Å². The molecule has 0 bridgehead atoms. The lowest BCUT2D eigenvalue weighted by Crippen LogP contribution is -2.03. The molecular formula is C15H16BrNO2. The van der Waals surface area contributed by atoms with Crippen LogP contribution in [-0.4, -0.2) is 7.11 Å². The van der Waals surface area contributed by atoms with Gasteiger partial charge >= 0.3 is 0 Å². The van der Waals surface area contributed by atoms with Crippen molar-refractivity contribution in [3.8, 4) is 11.5 Å². The zero-order chi connectivity index (χ0) is 13.7. The maximum atomic E-state index is 5.82. The summed E-state index contributed by atoms with van der Waals surface area (Å²) in [5.41, 5.74) is 7.80. The Balaban J connectivity index is 2.07. The minimum atomic E-state index is 0.444. The molecule has 0 aromatic heterocycles. The van der Waals surface area contributed by atoms with Crippen LogP contribution in [0.15, 0.2) is 46.9 Å². The van der Waals surface area contributed by atoms with Gasteiger partial charge in [-0.3, -0.25) is 0 Å². The first kappa shape index (κ1) is 13.9. The molecule has 0 aliphatic carbocycles. The van der Waals surface area contributed by atoms with E-state index in [-0.39, 0.29) is 0 Å². The number of benzene rings is 2. The fourth-order valence-electron chi connectivity index (χ4n) is 1.76. The normalized spacial score (nSPS) is 10.3. The van der Waals surface area contributed by atoms with E-state index in [9.17, 15) is 0 Å². The molecule has 2 aromatic rings. The Morgan fingerprint density at radius 3 is 2.47 bits per heavy atom. The highest BCUT2D eigenvalue weighted by Crippen LogP contribution is 2.27. The van der Waals surface area contributed by atoms with Crippen LogP contribution in [0.1, 0.15) is 11.1 Å². The molecule has 3 nitrogen and oxygen atoms in total. The van der Waals surface area contributed by atoms with Crippen LogP contribution in [0.25, 0.3) is 0 Å². The third kappa shape index (κ3) is 3.49. The monoisotopic (exact) mass is 321 g/mol. The maximum absolute atomic E-state index is 5.82. The lowest BCUT2D eigenvalue weighted by atomic mass is 10.2. The molecule has 0 aliphatic heterocycles. The van der Waals surface area contributed by atoms with Crippen molar-refractivity contribution in [3.05, 3.63) is 58.1 Å². The summed E-state index contributed by atoms with van der Waals surface area (Å²) >= 11 is 3.48. The summed E-state index contributed by atoms with van der Waals surface area (Å²) in [5.74, 6) is 1.65. The average molecular weight is 322 g/mol. The molecule has 0 saturated carbocycles. The van der Waals surface area contributed by atoms with Crippen LogP contribution in [0.2, 0.25) is 0 Å². The van der Waals surface area contributed by atoms with E-state index >= 15 is 0 Å². The van der Waals surface area contributed by atoms with Gasteiger partial charge in [0.2, 0.25) is 0 Å². The summed E-state index contributed by atoms with van der Waals surface area (Å²) in [7, 11) is 1.65. The van der Waals surface area contributed by atoms with Gasteiger partial charge < -0.3 is 15.2 Å². The number of hydrogen-bond acceptors (Lipinski definition) is 3. The van der Waals surface area contributed by atoms with Crippen molar-refractivity contribution in [1.29, 1.82) is 0 Å². The fraction of sp³-hybridized carbons (Fsp3) is 0.200. The van der Waals surface area contributed by atoms with Crippen LogP contribution in [0.4, 0.5) is 0 Å². The molecule has 0 radical (unpaired) electrons. The molecule has 0 unspecified atom stereocenters. The molecule has 0 atom stereocenters. The van der Waals surface area contributed by atoms with Gasteiger partial charge in [0.25, 0.3) is 0 Å². The van der Waals surface area contributed by atoms with Crippen molar-refractivity contribution in [2.75, 3.05) is 7.11 Å². The van der Waals surface area contributed by atoms with Crippen LogP contribution in [-0.2, 0) is 13.2 Å². The van der Waals surface area contributed by atoms with Gasteiger partial charge in [0.1, 0.15) is 18.1 Å². The minimum absolute atomic E-state index is 0.444. The summed E-state index contributed by atoms with van der Waals surface area (Å²) in [5, 5.41) is 0. The van der Waals surface area contributed by atoms with Gasteiger partial charge in [-0.05, 0) is 29.8 Å². The predicted octanol–water partition coefficient (Wildman–Crippen LogP) is 3.50. The first-order chi connectivity index (χ1) is 9.24. The molecule has 0 fully saturated rings. The Kier molecular flexibility index (Phi) is 4.82. The first-order valence-corrected chi connectivity index (χ1v) is 6.77. The molecule has 0 spiro atoms. The lowest BCUT2D eigenvalue weighted by molar-refractivity contribution is 0.302. The number of nitrogens with two attached hydrogens (primary N) is 1. The largest absolute Gasteiger partial charge is 0.497 e. The second kappa shape index (κ2) is 6.59. The summed E-state index contributed by atoms with van der Waals surface area (Å²) in [6.07, 6.45) is 0. The Bertz CT molecular complexity index is 540. The second-order valence-electron chi connectivity index (χ2n) is 4.06. The molecule has 19 heavy (non-hydrogen) atoms. The highest BCUT2D eigenvalue weighted by Gasteiger charge is 2.06. The number of rotatable bonds is 5. The summed E-state index contributed by atoms with van der Waals surface area (Å²) < 4.78 is 11.9. The van der Waals surface area contributed by atoms with Gasteiger partial charge in [0.15, 0.2) is 0 Å². The van der Waals surface area contributed by atoms with E-state index in [1.165, 1.54) is 0 Å². The molecule has 2 rings (SSSR count). The number of ether oxygens (including phenoxy) is 2. The molecule has 0 aliphatic rings. The van der Waals surface area contributed by atoms with E-state index in [0.717, 1.165) is 27.1 Å². The lowest BCUT2D eigenvalue weighted by Gasteiger charge is -2.12. The molecule has 0 saturated heterocycles. The van der Waals surface area contributed by atoms with Crippen molar-refractivity contribution >= 4 is 15.9 Å². The quantitative estimate of drug-likeness (QED) is 0.916. The van der Waals surface area contributed by atoms with E-state index in [2.05, 4.69) is 15.9 Å². The van der Waals surface area contributed by atoms with Gasteiger partial charge in [0, 0.05) is 16.6 Å². The van der Waals surface area contributed by atoms with Crippen LogP contribution >= 0.6 is 15.9 Å². The van der Waals surface area contributed by atoms with E-state index in [1.807, 2.05) is 42.5 Å². The maximum Gasteiger partial charge on any atom is 0.125 e. The first-order valence-electron chi connectivity index (χ1n) is 5.97. The molecule has 100 valence electrons. The van der Waals surface area contributed by atoms with Crippen LogP contribution in [0.5, 0.6) is 11.5 Å². The zero-order valence-electron chi connectivity index (χ0n) is 10.7. The van der Waals surface area contributed by atoms with Crippen molar-refractivity contribution in [2.45, 2.75) is 13.2 Å². The Hall–Kier alpha value is -1.52. The van der Waals surface area contributed by atoms with Gasteiger partial charge in [-0.15, -0.1) is 0 Å². The molecule has 0 heterocycles. The Morgan fingerprint density at radius 1 is 1.11 bits per heavy atom. The minimum Gasteiger partial charge on any atom is -0.497 e. The molecular weight excluding hydrogens is 306 g/mol. The average Bonchev–Trinajstić information content (AvgIpc) is 2.45. The molecule has 2 aromatic carbocycles. The Labute approximate surface area is 121 Å². The van der Waals surface area contributed by atoms with Crippen molar-refractivity contribution < 1.29 is 9.47 Å². The van der Waals surface area contributed by atoms with Gasteiger partial charge in [-0.25, -0.2) is 0 Å². The predicted molar refractivity (Wildman–Crippen MR) is 79.4 cm³/mol. The topological polar surface area (TPSA) is 44.5 Å². The SMILES string of the molecule is COc1ccc(COc2cccc(Br)c2CN)cc1. The summed E-state index contributed by atoms with van der Waals surface area (Å²) in [4.78, 5) is 0. The molecule has 2 N–H and O–H groups in total. The number of methoxy groups -OCH3 is 1. The van der Waals surface area contributed by atoms with Crippen LogP contribution < -0.4 is 15.2 Å². The third-order valence-corrected chi connectivity index (χ3v) is 3.58. The summed E-state index contributed by atoms with van der Waals surface area (Å²) in [6, 6.07) is 13.6. The van der Waals surface area contributed by atoms with E-state index in [0.29, 0.717) is 13.2 Å². The number of hydrogen-bond donors (Lipinski definition) is 1. The molecule has 4 heteroatoms. The number of halogens is 1. The summed E-state index contributed by atoms with van der Waals surface area (Å²) in [6.45, 7) is 0.951. The van der Waals surface area contributed by atoms with Crippen molar-refractivity contribution in [3.63, 3.8) is 0 Å².